The second kappa shape index (κ2) is 5.34. The zero-order valence-electron chi connectivity index (χ0n) is 10.1. The fourth-order valence-corrected chi connectivity index (χ4v) is 1.86. The van der Waals surface area contributed by atoms with Gasteiger partial charge in [0, 0.05) is 18.5 Å². The van der Waals surface area contributed by atoms with E-state index >= 15 is 0 Å². The first-order valence-electron chi connectivity index (χ1n) is 5.84. The Bertz CT molecular complexity index is 491. The van der Waals surface area contributed by atoms with Crippen LogP contribution in [-0.2, 0) is 4.79 Å². The number of rotatable bonds is 4. The molecule has 0 saturated carbocycles. The smallest absolute Gasteiger partial charge is 0.267 e. The highest BCUT2D eigenvalue weighted by atomic mass is 19.3. The minimum absolute atomic E-state index is 0.0452. The van der Waals surface area contributed by atoms with Gasteiger partial charge in [-0.05, 0) is 12.1 Å². The number of nitrogens with zero attached hydrogens (tertiary/aromatic N) is 1. The quantitative estimate of drug-likeness (QED) is 0.782. The molecular formula is C13H13F2NO3. The van der Waals surface area contributed by atoms with Gasteiger partial charge in [-0.2, -0.15) is 0 Å². The molecule has 0 atom stereocenters. The van der Waals surface area contributed by atoms with Crippen molar-refractivity contribution in [1.82, 2.24) is 4.90 Å². The van der Waals surface area contributed by atoms with Gasteiger partial charge in [0.2, 0.25) is 0 Å². The number of benzene rings is 1. The van der Waals surface area contributed by atoms with E-state index in [1.807, 2.05) is 0 Å². The molecule has 6 heteroatoms. The van der Waals surface area contributed by atoms with E-state index in [1.54, 1.807) is 18.2 Å². The molecule has 1 fully saturated rings. The second-order valence-corrected chi connectivity index (χ2v) is 4.40. The van der Waals surface area contributed by atoms with E-state index in [-0.39, 0.29) is 19.6 Å². The summed E-state index contributed by atoms with van der Waals surface area (Å²) in [4.78, 5) is 23.3. The lowest BCUT2D eigenvalue weighted by molar-refractivity contribution is -0.133. The van der Waals surface area contributed by atoms with Crippen LogP contribution in [0.3, 0.4) is 0 Å². The van der Waals surface area contributed by atoms with Crippen LogP contribution in [0.25, 0.3) is 0 Å². The maximum absolute atomic E-state index is 12.9. The molecule has 0 unspecified atom stereocenters. The minimum atomic E-state index is -2.80. The third kappa shape index (κ3) is 3.49. The van der Waals surface area contributed by atoms with Crippen molar-refractivity contribution in [1.29, 1.82) is 0 Å². The van der Waals surface area contributed by atoms with Crippen molar-refractivity contribution in [2.75, 3.05) is 19.7 Å². The lowest BCUT2D eigenvalue weighted by Gasteiger charge is -2.16. The molecule has 0 bridgehead atoms. The molecule has 102 valence electrons. The summed E-state index contributed by atoms with van der Waals surface area (Å²) in [6.45, 7) is -0.814. The van der Waals surface area contributed by atoms with Crippen LogP contribution in [0.2, 0.25) is 0 Å². The van der Waals surface area contributed by atoms with Crippen molar-refractivity contribution in [2.45, 2.75) is 12.3 Å². The summed E-state index contributed by atoms with van der Waals surface area (Å²) in [7, 11) is 0. The molecule has 1 amide bonds. The SMILES string of the molecule is O=Cc1cccc(OCC(=O)N2CCC(F)(F)C2)c1. The summed E-state index contributed by atoms with van der Waals surface area (Å²) in [6, 6.07) is 6.30. The van der Waals surface area contributed by atoms with Crippen molar-refractivity contribution < 1.29 is 23.1 Å². The number of aldehydes is 1. The highest BCUT2D eigenvalue weighted by molar-refractivity contribution is 5.78. The van der Waals surface area contributed by atoms with Crippen LogP contribution in [0, 0.1) is 0 Å². The van der Waals surface area contributed by atoms with Crippen LogP contribution < -0.4 is 4.74 Å². The molecule has 0 N–H and O–H groups in total. The Labute approximate surface area is 109 Å². The lowest BCUT2D eigenvalue weighted by Crippen LogP contribution is -2.34. The van der Waals surface area contributed by atoms with Gasteiger partial charge in [-0.15, -0.1) is 0 Å². The van der Waals surface area contributed by atoms with Crippen LogP contribution >= 0.6 is 0 Å². The van der Waals surface area contributed by atoms with Gasteiger partial charge in [0.25, 0.3) is 11.8 Å². The van der Waals surface area contributed by atoms with Crippen LogP contribution in [0.1, 0.15) is 16.8 Å². The minimum Gasteiger partial charge on any atom is -0.484 e. The predicted molar refractivity (Wildman–Crippen MR) is 63.5 cm³/mol. The Morgan fingerprint density at radius 3 is 2.89 bits per heavy atom. The number of halogens is 2. The maximum Gasteiger partial charge on any atom is 0.267 e. The van der Waals surface area contributed by atoms with E-state index in [0.717, 1.165) is 4.90 Å². The molecule has 0 radical (unpaired) electrons. The molecule has 0 aromatic heterocycles. The monoisotopic (exact) mass is 269 g/mol. The molecule has 1 aromatic carbocycles. The van der Waals surface area contributed by atoms with E-state index in [0.29, 0.717) is 17.6 Å². The molecule has 4 nitrogen and oxygen atoms in total. The number of hydrogen-bond acceptors (Lipinski definition) is 3. The number of ether oxygens (including phenoxy) is 1. The van der Waals surface area contributed by atoms with Gasteiger partial charge < -0.3 is 9.64 Å². The van der Waals surface area contributed by atoms with Crippen molar-refractivity contribution in [3.63, 3.8) is 0 Å². The first-order valence-corrected chi connectivity index (χ1v) is 5.84. The van der Waals surface area contributed by atoms with Gasteiger partial charge in [-0.1, -0.05) is 12.1 Å². The van der Waals surface area contributed by atoms with E-state index in [9.17, 15) is 18.4 Å². The largest absolute Gasteiger partial charge is 0.484 e. The van der Waals surface area contributed by atoms with E-state index < -0.39 is 18.4 Å². The third-order valence-electron chi connectivity index (χ3n) is 2.88. The van der Waals surface area contributed by atoms with Crippen LogP contribution in [0.15, 0.2) is 24.3 Å². The van der Waals surface area contributed by atoms with E-state index in [1.165, 1.54) is 6.07 Å². The van der Waals surface area contributed by atoms with Gasteiger partial charge in [0.15, 0.2) is 6.61 Å². The van der Waals surface area contributed by atoms with E-state index in [2.05, 4.69) is 0 Å². The van der Waals surface area contributed by atoms with Gasteiger partial charge in [0.1, 0.15) is 12.0 Å². The van der Waals surface area contributed by atoms with Gasteiger partial charge in [-0.3, -0.25) is 9.59 Å². The first kappa shape index (κ1) is 13.5. The summed E-state index contributed by atoms with van der Waals surface area (Å²) in [5.74, 6) is -2.91. The fraction of sp³-hybridized carbons (Fsp3) is 0.385. The molecule has 1 saturated heterocycles. The summed E-state index contributed by atoms with van der Waals surface area (Å²) in [5.41, 5.74) is 0.428. The molecule has 1 aliphatic rings. The summed E-state index contributed by atoms with van der Waals surface area (Å²) in [6.07, 6.45) is 0.356. The molecule has 0 spiro atoms. The number of carbonyl (C=O) groups is 2. The summed E-state index contributed by atoms with van der Waals surface area (Å²) >= 11 is 0. The Kier molecular flexibility index (Phi) is 3.78. The maximum atomic E-state index is 12.9. The average Bonchev–Trinajstić information content (AvgIpc) is 2.76. The molecule has 0 aliphatic carbocycles. The van der Waals surface area contributed by atoms with Gasteiger partial charge in [-0.25, -0.2) is 8.78 Å². The molecule has 19 heavy (non-hydrogen) atoms. The van der Waals surface area contributed by atoms with Crippen molar-refractivity contribution in [2.24, 2.45) is 0 Å². The van der Waals surface area contributed by atoms with Crippen molar-refractivity contribution in [3.8, 4) is 5.75 Å². The Morgan fingerprint density at radius 2 is 2.26 bits per heavy atom. The Morgan fingerprint density at radius 1 is 1.47 bits per heavy atom. The van der Waals surface area contributed by atoms with Crippen LogP contribution in [0.5, 0.6) is 5.75 Å². The van der Waals surface area contributed by atoms with Gasteiger partial charge in [0.05, 0.1) is 6.54 Å². The number of likely N-dealkylation sites (tertiary alicyclic amines) is 1. The molecule has 1 aromatic rings. The lowest BCUT2D eigenvalue weighted by atomic mass is 10.2. The number of carbonyl (C=O) groups excluding carboxylic acids is 2. The molecule has 1 aliphatic heterocycles. The summed E-state index contributed by atoms with van der Waals surface area (Å²) in [5, 5.41) is 0. The second-order valence-electron chi connectivity index (χ2n) is 4.40. The molecular weight excluding hydrogens is 256 g/mol. The van der Waals surface area contributed by atoms with E-state index in [4.69, 9.17) is 4.74 Å². The predicted octanol–water partition coefficient (Wildman–Crippen LogP) is 1.75. The highest BCUT2D eigenvalue weighted by Gasteiger charge is 2.40. The first-order chi connectivity index (χ1) is 9.00. The van der Waals surface area contributed by atoms with Crippen molar-refractivity contribution in [3.05, 3.63) is 29.8 Å². The van der Waals surface area contributed by atoms with Crippen LogP contribution in [-0.4, -0.2) is 42.7 Å². The zero-order chi connectivity index (χ0) is 13.9. The zero-order valence-corrected chi connectivity index (χ0v) is 10.1. The van der Waals surface area contributed by atoms with Crippen LogP contribution in [0.4, 0.5) is 8.78 Å². The Balaban J connectivity index is 1.88. The number of alkyl halides is 2. The van der Waals surface area contributed by atoms with Crippen molar-refractivity contribution >= 4 is 12.2 Å². The standard InChI is InChI=1S/C13H13F2NO3/c14-13(15)4-5-16(9-13)12(18)8-19-11-3-1-2-10(6-11)7-17/h1-3,6-7H,4-5,8-9H2. The Hall–Kier alpha value is -1.98. The number of hydrogen-bond donors (Lipinski definition) is 0. The number of amides is 1. The molecule has 2 rings (SSSR count). The highest BCUT2D eigenvalue weighted by Crippen LogP contribution is 2.26. The third-order valence-corrected chi connectivity index (χ3v) is 2.88. The molecule has 1 heterocycles. The summed E-state index contributed by atoms with van der Waals surface area (Å²) < 4.78 is 31.1. The fourth-order valence-electron chi connectivity index (χ4n) is 1.86. The topological polar surface area (TPSA) is 46.6 Å². The van der Waals surface area contributed by atoms with Gasteiger partial charge >= 0.3 is 0 Å². The normalized spacial score (nSPS) is 17.3. The average molecular weight is 269 g/mol.